The van der Waals surface area contributed by atoms with Crippen LogP contribution in [0.5, 0.6) is 5.88 Å². The maximum Gasteiger partial charge on any atom is 0.246 e. The Morgan fingerprint density at radius 2 is 2.16 bits per heavy atom. The number of amides is 1. The molecule has 2 aromatic rings. The molecule has 0 bridgehead atoms. The van der Waals surface area contributed by atoms with E-state index in [1.807, 2.05) is 6.92 Å². The molecule has 1 N–H and O–H groups in total. The van der Waals surface area contributed by atoms with E-state index in [4.69, 9.17) is 9.26 Å². The van der Waals surface area contributed by atoms with Crippen molar-refractivity contribution in [2.75, 3.05) is 26.5 Å². The molecule has 0 saturated heterocycles. The van der Waals surface area contributed by atoms with Gasteiger partial charge >= 0.3 is 0 Å². The number of nitrogens with one attached hydrogen (secondary N) is 1. The third-order valence-corrected chi connectivity index (χ3v) is 4.39. The normalized spacial score (nSPS) is 11.5. The Labute approximate surface area is 145 Å². The molecule has 0 radical (unpaired) electrons. The first-order valence-electron chi connectivity index (χ1n) is 7.39. The Kier molecular flexibility index (Phi) is 6.04. The van der Waals surface area contributed by atoms with E-state index in [0.29, 0.717) is 23.9 Å². The summed E-state index contributed by atoms with van der Waals surface area (Å²) in [4.78, 5) is 20.0. The lowest BCUT2D eigenvalue weighted by Crippen LogP contribution is -2.37. The van der Waals surface area contributed by atoms with E-state index in [1.165, 1.54) is 7.05 Å². The van der Waals surface area contributed by atoms with Gasteiger partial charge in [-0.05, 0) is 13.0 Å². The number of aromatic nitrogens is 3. The van der Waals surface area contributed by atoms with Crippen LogP contribution in [0, 0.1) is 0 Å². The summed E-state index contributed by atoms with van der Waals surface area (Å²) < 4.78 is 33.8. The van der Waals surface area contributed by atoms with Crippen molar-refractivity contribution in [3.05, 3.63) is 24.2 Å². The van der Waals surface area contributed by atoms with Gasteiger partial charge in [-0.1, -0.05) is 5.16 Å². The minimum atomic E-state index is -3.42. The summed E-state index contributed by atoms with van der Waals surface area (Å²) in [5.74, 6) is 0.542. The highest BCUT2D eigenvalue weighted by atomic mass is 32.2. The highest BCUT2D eigenvalue weighted by Crippen LogP contribution is 2.17. The molecule has 0 saturated carbocycles. The fourth-order valence-electron chi connectivity index (χ4n) is 1.74. The van der Waals surface area contributed by atoms with Crippen molar-refractivity contribution in [3.63, 3.8) is 0 Å². The summed E-state index contributed by atoms with van der Waals surface area (Å²) in [6.07, 6.45) is 2.58. The third kappa shape index (κ3) is 5.50. The van der Waals surface area contributed by atoms with E-state index in [9.17, 15) is 13.2 Å². The first-order valence-corrected chi connectivity index (χ1v) is 9.24. The summed E-state index contributed by atoms with van der Waals surface area (Å²) in [5, 5.41) is 6.33. The predicted molar refractivity (Wildman–Crippen MR) is 88.0 cm³/mol. The number of nitrogens with zero attached hydrogens (tertiary/aromatic N) is 4. The second-order valence-corrected chi connectivity index (χ2v) is 7.21. The van der Waals surface area contributed by atoms with Gasteiger partial charge in [-0.2, -0.15) is 9.29 Å². The molecule has 25 heavy (non-hydrogen) atoms. The molecule has 10 nitrogen and oxygen atoms in total. The number of pyridine rings is 1. The average molecular weight is 369 g/mol. The van der Waals surface area contributed by atoms with Gasteiger partial charge in [0.15, 0.2) is 0 Å². The van der Waals surface area contributed by atoms with Crippen LogP contribution in [0.3, 0.4) is 0 Å². The number of likely N-dealkylation sites (N-methyl/N-ethyl adjacent to an activating group) is 1. The standard InChI is InChI=1S/C14H19N5O5S/c1-4-23-12-6-5-10(7-16-12)14-17-13(24-18-14)8-15-11(20)9-19(2)25(3,21)22/h5-7H,4,8-9H2,1-3H3,(H,15,20). The van der Waals surface area contributed by atoms with Gasteiger partial charge in [-0.15, -0.1) is 0 Å². The molecular weight excluding hydrogens is 350 g/mol. The Hall–Kier alpha value is -2.53. The van der Waals surface area contributed by atoms with E-state index in [2.05, 4.69) is 20.4 Å². The van der Waals surface area contributed by atoms with Gasteiger partial charge in [0, 0.05) is 24.9 Å². The molecule has 0 spiro atoms. The fourth-order valence-corrected chi connectivity index (χ4v) is 2.09. The van der Waals surface area contributed by atoms with Crippen LogP contribution in [0.4, 0.5) is 0 Å². The van der Waals surface area contributed by atoms with Gasteiger partial charge in [0.2, 0.25) is 33.5 Å². The van der Waals surface area contributed by atoms with E-state index in [-0.39, 0.29) is 19.0 Å². The molecule has 0 aromatic carbocycles. The molecule has 136 valence electrons. The molecule has 0 aliphatic heterocycles. The van der Waals surface area contributed by atoms with Gasteiger partial charge in [0.25, 0.3) is 0 Å². The Morgan fingerprint density at radius 1 is 1.40 bits per heavy atom. The topological polar surface area (TPSA) is 128 Å². The highest BCUT2D eigenvalue weighted by Gasteiger charge is 2.16. The smallest absolute Gasteiger partial charge is 0.246 e. The lowest BCUT2D eigenvalue weighted by Gasteiger charge is -2.12. The molecule has 2 heterocycles. The van der Waals surface area contributed by atoms with E-state index >= 15 is 0 Å². The van der Waals surface area contributed by atoms with Crippen LogP contribution in [0.25, 0.3) is 11.4 Å². The molecule has 11 heteroatoms. The maximum atomic E-state index is 11.7. The quantitative estimate of drug-likeness (QED) is 0.691. The number of carbonyl (C=O) groups excluding carboxylic acids is 1. The van der Waals surface area contributed by atoms with Crippen molar-refractivity contribution in [1.29, 1.82) is 0 Å². The number of rotatable bonds is 8. The SMILES string of the molecule is CCOc1ccc(-c2noc(CNC(=O)CN(C)S(C)(=O)=O)n2)cn1. The summed E-state index contributed by atoms with van der Waals surface area (Å²) >= 11 is 0. The third-order valence-electron chi connectivity index (χ3n) is 3.12. The van der Waals surface area contributed by atoms with Crippen molar-refractivity contribution in [2.24, 2.45) is 0 Å². The number of hydrogen-bond donors (Lipinski definition) is 1. The Bertz CT molecular complexity index is 818. The van der Waals surface area contributed by atoms with Crippen molar-refractivity contribution in [2.45, 2.75) is 13.5 Å². The zero-order chi connectivity index (χ0) is 18.4. The number of ether oxygens (including phenoxy) is 1. The molecule has 0 aliphatic carbocycles. The molecule has 2 rings (SSSR count). The lowest BCUT2D eigenvalue weighted by molar-refractivity contribution is -0.121. The Balaban J connectivity index is 1.92. The van der Waals surface area contributed by atoms with Crippen LogP contribution >= 0.6 is 0 Å². The van der Waals surface area contributed by atoms with Crippen LogP contribution in [-0.4, -0.2) is 60.2 Å². The van der Waals surface area contributed by atoms with Gasteiger partial charge in [-0.25, -0.2) is 13.4 Å². The zero-order valence-corrected chi connectivity index (χ0v) is 14.9. The zero-order valence-electron chi connectivity index (χ0n) is 14.1. The Morgan fingerprint density at radius 3 is 2.76 bits per heavy atom. The largest absolute Gasteiger partial charge is 0.478 e. The van der Waals surface area contributed by atoms with Crippen molar-refractivity contribution in [3.8, 4) is 17.3 Å². The molecular formula is C14H19N5O5S. The van der Waals surface area contributed by atoms with Crippen molar-refractivity contribution in [1.82, 2.24) is 24.7 Å². The summed E-state index contributed by atoms with van der Waals surface area (Å²) in [5.41, 5.74) is 0.640. The van der Waals surface area contributed by atoms with E-state index < -0.39 is 15.9 Å². The van der Waals surface area contributed by atoms with Crippen LogP contribution in [-0.2, 0) is 21.4 Å². The van der Waals surface area contributed by atoms with Crippen LogP contribution in [0.15, 0.2) is 22.9 Å². The van der Waals surface area contributed by atoms with Gasteiger partial charge < -0.3 is 14.6 Å². The second kappa shape index (κ2) is 8.03. The molecule has 0 aliphatic rings. The van der Waals surface area contributed by atoms with Crippen LogP contribution in [0.2, 0.25) is 0 Å². The molecule has 1 amide bonds. The van der Waals surface area contributed by atoms with Crippen LogP contribution < -0.4 is 10.1 Å². The van der Waals surface area contributed by atoms with E-state index in [1.54, 1.807) is 18.3 Å². The first-order chi connectivity index (χ1) is 11.8. The van der Waals surface area contributed by atoms with Crippen LogP contribution in [0.1, 0.15) is 12.8 Å². The fraction of sp³-hybridized carbons (Fsp3) is 0.429. The van der Waals surface area contributed by atoms with Crippen molar-refractivity contribution >= 4 is 15.9 Å². The summed E-state index contributed by atoms with van der Waals surface area (Å²) in [7, 11) is -2.10. The van der Waals surface area contributed by atoms with Gasteiger partial charge in [-0.3, -0.25) is 4.79 Å². The van der Waals surface area contributed by atoms with Gasteiger partial charge in [0.05, 0.1) is 26.0 Å². The first kappa shape index (κ1) is 18.8. The molecule has 2 aromatic heterocycles. The maximum absolute atomic E-state index is 11.7. The lowest BCUT2D eigenvalue weighted by atomic mass is 10.3. The second-order valence-electron chi connectivity index (χ2n) is 5.13. The van der Waals surface area contributed by atoms with Gasteiger partial charge in [0.1, 0.15) is 0 Å². The monoisotopic (exact) mass is 369 g/mol. The minimum absolute atomic E-state index is 0.00606. The summed E-state index contributed by atoms with van der Waals surface area (Å²) in [6, 6.07) is 3.43. The average Bonchev–Trinajstić information content (AvgIpc) is 3.02. The molecule has 0 atom stereocenters. The summed E-state index contributed by atoms with van der Waals surface area (Å²) in [6.45, 7) is 2.09. The predicted octanol–water partition coefficient (Wildman–Crippen LogP) is 0.0379. The highest BCUT2D eigenvalue weighted by molar-refractivity contribution is 7.88. The molecule has 0 unspecified atom stereocenters. The number of carbonyl (C=O) groups is 1. The minimum Gasteiger partial charge on any atom is -0.478 e. The number of sulfonamides is 1. The van der Waals surface area contributed by atoms with E-state index in [0.717, 1.165) is 10.6 Å². The number of hydrogen-bond acceptors (Lipinski definition) is 8. The molecule has 0 fully saturated rings. The van der Waals surface area contributed by atoms with Crippen molar-refractivity contribution < 1.29 is 22.5 Å².